The molecule has 0 N–H and O–H groups in total. The Morgan fingerprint density at radius 2 is 1.85 bits per heavy atom. The van der Waals surface area contributed by atoms with Crippen molar-refractivity contribution in [1.82, 2.24) is 9.88 Å². The SMILES string of the molecule is O=C(Cc1cccc2ccccc12)N(CCCN1CCOCC1)c1nc2c(F)cccc2s1. The van der Waals surface area contributed by atoms with Crippen LogP contribution in [0.1, 0.15) is 12.0 Å². The van der Waals surface area contributed by atoms with E-state index in [-0.39, 0.29) is 18.1 Å². The van der Waals surface area contributed by atoms with Gasteiger partial charge < -0.3 is 4.74 Å². The zero-order valence-corrected chi connectivity index (χ0v) is 19.2. The summed E-state index contributed by atoms with van der Waals surface area (Å²) in [6, 6.07) is 19.1. The van der Waals surface area contributed by atoms with Crippen LogP contribution in [0, 0.1) is 5.82 Å². The number of nitrogens with zero attached hydrogens (tertiary/aromatic N) is 3. The van der Waals surface area contributed by atoms with Gasteiger partial charge in [-0.05, 0) is 34.9 Å². The van der Waals surface area contributed by atoms with Gasteiger partial charge in [-0.15, -0.1) is 0 Å². The number of hydrogen-bond acceptors (Lipinski definition) is 5. The van der Waals surface area contributed by atoms with E-state index < -0.39 is 0 Å². The lowest BCUT2D eigenvalue weighted by molar-refractivity contribution is -0.118. The molecule has 0 saturated carbocycles. The third kappa shape index (κ3) is 4.90. The van der Waals surface area contributed by atoms with E-state index in [0.29, 0.717) is 17.2 Å². The third-order valence-corrected chi connectivity index (χ3v) is 7.12. The molecule has 0 spiro atoms. The molecule has 3 aromatic carbocycles. The van der Waals surface area contributed by atoms with Crippen LogP contribution in [0.3, 0.4) is 0 Å². The normalized spacial score (nSPS) is 14.7. The maximum Gasteiger partial charge on any atom is 0.233 e. The predicted molar refractivity (Wildman–Crippen MR) is 131 cm³/mol. The molecule has 1 fully saturated rings. The molecule has 0 bridgehead atoms. The Hall–Kier alpha value is -2.87. The van der Waals surface area contributed by atoms with Gasteiger partial charge in [0.1, 0.15) is 11.3 Å². The summed E-state index contributed by atoms with van der Waals surface area (Å²) in [5.74, 6) is -0.377. The van der Waals surface area contributed by atoms with E-state index in [9.17, 15) is 9.18 Å². The van der Waals surface area contributed by atoms with Crippen LogP contribution >= 0.6 is 11.3 Å². The highest BCUT2D eigenvalue weighted by molar-refractivity contribution is 7.22. The summed E-state index contributed by atoms with van der Waals surface area (Å²) in [6.07, 6.45) is 1.09. The Balaban J connectivity index is 1.40. The molecule has 7 heteroatoms. The van der Waals surface area contributed by atoms with Gasteiger partial charge in [0, 0.05) is 26.2 Å². The number of rotatable bonds is 7. The minimum Gasteiger partial charge on any atom is -0.379 e. The van der Waals surface area contributed by atoms with E-state index >= 15 is 0 Å². The molecular weight excluding hydrogens is 437 g/mol. The number of morpholine rings is 1. The molecule has 0 radical (unpaired) electrons. The summed E-state index contributed by atoms with van der Waals surface area (Å²) in [5.41, 5.74) is 1.32. The third-order valence-electron chi connectivity index (χ3n) is 6.07. The number of anilines is 1. The van der Waals surface area contributed by atoms with Gasteiger partial charge in [-0.1, -0.05) is 59.9 Å². The second-order valence-corrected chi connectivity index (χ2v) is 9.26. The Labute approximate surface area is 196 Å². The van der Waals surface area contributed by atoms with Crippen molar-refractivity contribution in [2.45, 2.75) is 12.8 Å². The highest BCUT2D eigenvalue weighted by atomic mass is 32.1. The summed E-state index contributed by atoms with van der Waals surface area (Å²) in [7, 11) is 0. The molecule has 2 heterocycles. The van der Waals surface area contributed by atoms with Gasteiger partial charge in [-0.2, -0.15) is 0 Å². The maximum atomic E-state index is 14.3. The number of benzene rings is 3. The van der Waals surface area contributed by atoms with Crippen LogP contribution in [0.15, 0.2) is 60.7 Å². The van der Waals surface area contributed by atoms with E-state index in [1.165, 1.54) is 17.4 Å². The van der Waals surface area contributed by atoms with Crippen LogP contribution in [0.2, 0.25) is 0 Å². The molecule has 170 valence electrons. The monoisotopic (exact) mass is 463 g/mol. The van der Waals surface area contributed by atoms with Crippen LogP contribution in [0.5, 0.6) is 0 Å². The average Bonchev–Trinajstić information content (AvgIpc) is 3.28. The predicted octanol–water partition coefficient (Wildman–Crippen LogP) is 4.89. The van der Waals surface area contributed by atoms with Crippen molar-refractivity contribution in [1.29, 1.82) is 0 Å². The average molecular weight is 464 g/mol. The minimum atomic E-state index is -0.357. The van der Waals surface area contributed by atoms with Crippen molar-refractivity contribution in [3.05, 3.63) is 72.0 Å². The molecule has 1 amide bonds. The second kappa shape index (κ2) is 9.95. The van der Waals surface area contributed by atoms with Gasteiger partial charge in [0.15, 0.2) is 5.13 Å². The molecular formula is C26H26FN3O2S. The Morgan fingerprint density at radius 1 is 1.06 bits per heavy atom. The van der Waals surface area contributed by atoms with Crippen molar-refractivity contribution in [2.75, 3.05) is 44.3 Å². The number of aromatic nitrogens is 1. The first-order chi connectivity index (χ1) is 16.2. The van der Waals surface area contributed by atoms with Crippen molar-refractivity contribution in [3.8, 4) is 0 Å². The van der Waals surface area contributed by atoms with Crippen molar-refractivity contribution in [3.63, 3.8) is 0 Å². The minimum absolute atomic E-state index is 0.0206. The number of thiazole rings is 1. The highest BCUT2D eigenvalue weighted by Gasteiger charge is 2.22. The quantitative estimate of drug-likeness (QED) is 0.392. The van der Waals surface area contributed by atoms with Crippen molar-refractivity contribution in [2.24, 2.45) is 0 Å². The molecule has 0 aliphatic carbocycles. The largest absolute Gasteiger partial charge is 0.379 e. The number of carbonyl (C=O) groups is 1. The smallest absolute Gasteiger partial charge is 0.233 e. The lowest BCUT2D eigenvalue weighted by Gasteiger charge is -2.27. The number of amides is 1. The van der Waals surface area contributed by atoms with E-state index in [1.807, 2.05) is 36.4 Å². The van der Waals surface area contributed by atoms with Gasteiger partial charge in [0.05, 0.1) is 24.3 Å². The fourth-order valence-corrected chi connectivity index (χ4v) is 5.35. The van der Waals surface area contributed by atoms with E-state index in [0.717, 1.165) is 60.3 Å². The van der Waals surface area contributed by atoms with Gasteiger partial charge >= 0.3 is 0 Å². The second-order valence-electron chi connectivity index (χ2n) is 8.25. The highest BCUT2D eigenvalue weighted by Crippen LogP contribution is 2.31. The molecule has 5 rings (SSSR count). The molecule has 0 unspecified atom stereocenters. The van der Waals surface area contributed by atoms with Crippen LogP contribution < -0.4 is 4.90 Å². The van der Waals surface area contributed by atoms with Gasteiger partial charge in [0.25, 0.3) is 0 Å². The molecule has 33 heavy (non-hydrogen) atoms. The summed E-state index contributed by atoms with van der Waals surface area (Å²) in [4.78, 5) is 22.2. The van der Waals surface area contributed by atoms with Crippen molar-refractivity contribution < 1.29 is 13.9 Å². The molecule has 0 atom stereocenters. The van der Waals surface area contributed by atoms with Gasteiger partial charge in [-0.25, -0.2) is 9.37 Å². The van der Waals surface area contributed by atoms with Crippen LogP contribution in [-0.4, -0.2) is 55.2 Å². The fraction of sp³-hybridized carbons (Fsp3) is 0.308. The zero-order valence-electron chi connectivity index (χ0n) is 18.4. The number of ether oxygens (including phenoxy) is 1. The van der Waals surface area contributed by atoms with Gasteiger partial charge in [-0.3, -0.25) is 14.6 Å². The van der Waals surface area contributed by atoms with E-state index in [4.69, 9.17) is 4.74 Å². The molecule has 1 saturated heterocycles. The van der Waals surface area contributed by atoms with Crippen molar-refractivity contribution >= 4 is 43.4 Å². The molecule has 1 aromatic heterocycles. The number of fused-ring (bicyclic) bond motifs is 2. The Bertz CT molecular complexity index is 1260. The number of halogens is 1. The first-order valence-corrected chi connectivity index (χ1v) is 12.1. The molecule has 1 aliphatic heterocycles. The van der Waals surface area contributed by atoms with Gasteiger partial charge in [0.2, 0.25) is 5.91 Å². The number of carbonyl (C=O) groups excluding carboxylic acids is 1. The molecule has 1 aliphatic rings. The Morgan fingerprint density at radius 3 is 2.70 bits per heavy atom. The van der Waals surface area contributed by atoms with E-state index in [1.54, 1.807) is 11.0 Å². The Kier molecular flexibility index (Phi) is 6.62. The van der Waals surface area contributed by atoms with E-state index in [2.05, 4.69) is 22.0 Å². The number of hydrogen-bond donors (Lipinski definition) is 0. The summed E-state index contributed by atoms with van der Waals surface area (Å²) < 4.78 is 20.5. The lowest BCUT2D eigenvalue weighted by atomic mass is 10.0. The van der Waals surface area contributed by atoms with Crippen LogP contribution in [0.4, 0.5) is 9.52 Å². The lowest BCUT2D eigenvalue weighted by Crippen LogP contribution is -2.39. The summed E-state index contributed by atoms with van der Waals surface area (Å²) >= 11 is 1.37. The topological polar surface area (TPSA) is 45.7 Å². The molecule has 4 aromatic rings. The summed E-state index contributed by atoms with van der Waals surface area (Å²) in [6.45, 7) is 4.76. The fourth-order valence-electron chi connectivity index (χ4n) is 4.33. The summed E-state index contributed by atoms with van der Waals surface area (Å²) in [5, 5.41) is 2.75. The molecule has 5 nitrogen and oxygen atoms in total. The maximum absolute atomic E-state index is 14.3. The van der Waals surface area contributed by atoms with Crippen LogP contribution in [0.25, 0.3) is 21.0 Å². The first kappa shape index (κ1) is 21.9. The first-order valence-electron chi connectivity index (χ1n) is 11.3. The standard InChI is InChI=1S/C26H26FN3O2S/c27-22-10-4-11-23-25(22)28-26(33-23)30(13-5-12-29-14-16-32-17-15-29)24(31)18-20-8-3-7-19-6-1-2-9-21(19)20/h1-4,6-11H,5,12-18H2. The zero-order chi connectivity index (χ0) is 22.6. The number of para-hydroxylation sites is 1. The van der Waals surface area contributed by atoms with Crippen LogP contribution in [-0.2, 0) is 16.0 Å².